The molecule has 1 aromatic carbocycles. The first-order valence-electron chi connectivity index (χ1n) is 8.59. The second-order valence-corrected chi connectivity index (χ2v) is 6.48. The number of nitriles is 1. The number of likely N-dealkylation sites (tertiary alicyclic amines) is 1. The van der Waals surface area contributed by atoms with Crippen LogP contribution in [0, 0.1) is 11.3 Å². The highest BCUT2D eigenvalue weighted by molar-refractivity contribution is 5.89. The van der Waals surface area contributed by atoms with Crippen LogP contribution in [0.25, 0.3) is 0 Å². The minimum Gasteiger partial charge on any atom is -0.480 e. The van der Waals surface area contributed by atoms with Crippen molar-refractivity contribution in [1.82, 2.24) is 4.90 Å². The van der Waals surface area contributed by atoms with Gasteiger partial charge in [-0.25, -0.2) is 9.59 Å². The molecule has 1 N–H and O–H groups in total. The van der Waals surface area contributed by atoms with Crippen molar-refractivity contribution >= 4 is 17.7 Å². The fourth-order valence-corrected chi connectivity index (χ4v) is 3.28. The number of carboxylic acid groups (broad SMARTS) is 1. The zero-order chi connectivity index (χ0) is 18.5. The van der Waals surface area contributed by atoms with E-state index in [0.29, 0.717) is 18.7 Å². The summed E-state index contributed by atoms with van der Waals surface area (Å²) in [5.74, 6) is -0.951. The lowest BCUT2D eigenvalue weighted by Gasteiger charge is -2.32. The van der Waals surface area contributed by atoms with Crippen molar-refractivity contribution < 1.29 is 24.2 Å². The van der Waals surface area contributed by atoms with Crippen LogP contribution in [-0.4, -0.2) is 67.1 Å². The Labute approximate surface area is 151 Å². The number of amides is 1. The molecule has 2 saturated heterocycles. The van der Waals surface area contributed by atoms with Crippen molar-refractivity contribution in [2.75, 3.05) is 37.7 Å². The van der Waals surface area contributed by atoms with Crippen LogP contribution in [0.5, 0.6) is 0 Å². The molecule has 0 aromatic heterocycles. The molecule has 0 aliphatic carbocycles. The standard InChI is InChI=1S/C18H21N3O5/c19-9-13-1-3-14(4-2-13)21-11-16(26-18(21)24)10-20-7-5-15(6-8-20)25-12-17(22)23/h1-4,15-16H,5-8,10-12H2,(H,22,23). The molecule has 26 heavy (non-hydrogen) atoms. The number of aliphatic carboxylic acids is 1. The Bertz CT molecular complexity index is 692. The van der Waals surface area contributed by atoms with Gasteiger partial charge in [0.15, 0.2) is 0 Å². The Kier molecular flexibility index (Phi) is 5.71. The number of rotatable bonds is 6. The lowest BCUT2D eigenvalue weighted by molar-refractivity contribution is -0.145. The molecule has 1 unspecified atom stereocenters. The lowest BCUT2D eigenvalue weighted by Crippen LogP contribution is -2.42. The lowest BCUT2D eigenvalue weighted by atomic mass is 10.1. The van der Waals surface area contributed by atoms with E-state index >= 15 is 0 Å². The average molecular weight is 359 g/mol. The molecule has 8 nitrogen and oxygen atoms in total. The van der Waals surface area contributed by atoms with Crippen molar-refractivity contribution in [3.8, 4) is 6.07 Å². The molecule has 2 fully saturated rings. The predicted octanol–water partition coefficient (Wildman–Crippen LogP) is 1.45. The number of ether oxygens (including phenoxy) is 2. The Morgan fingerprint density at radius 3 is 2.62 bits per heavy atom. The zero-order valence-corrected chi connectivity index (χ0v) is 14.3. The van der Waals surface area contributed by atoms with E-state index < -0.39 is 5.97 Å². The molecule has 1 atom stereocenters. The van der Waals surface area contributed by atoms with Crippen molar-refractivity contribution in [3.05, 3.63) is 29.8 Å². The molecule has 0 saturated carbocycles. The number of piperidine rings is 1. The summed E-state index contributed by atoms with van der Waals surface area (Å²) in [4.78, 5) is 26.5. The molecule has 0 radical (unpaired) electrons. The molecule has 2 heterocycles. The summed E-state index contributed by atoms with van der Waals surface area (Å²) >= 11 is 0. The molecular formula is C18H21N3O5. The second kappa shape index (κ2) is 8.17. The Balaban J connectivity index is 1.47. The normalized spacial score (nSPS) is 21.4. The Morgan fingerprint density at radius 1 is 1.31 bits per heavy atom. The number of benzene rings is 1. The maximum absolute atomic E-state index is 12.1. The summed E-state index contributed by atoms with van der Waals surface area (Å²) in [5, 5.41) is 17.5. The van der Waals surface area contributed by atoms with Gasteiger partial charge in [0, 0.05) is 25.3 Å². The van der Waals surface area contributed by atoms with Crippen LogP contribution in [0.15, 0.2) is 24.3 Å². The Morgan fingerprint density at radius 2 is 2.00 bits per heavy atom. The van der Waals surface area contributed by atoms with Crippen molar-refractivity contribution in [1.29, 1.82) is 5.26 Å². The topological polar surface area (TPSA) is 103 Å². The van der Waals surface area contributed by atoms with Gasteiger partial charge in [-0.15, -0.1) is 0 Å². The average Bonchev–Trinajstić information content (AvgIpc) is 3.01. The summed E-state index contributed by atoms with van der Waals surface area (Å²) in [6.45, 7) is 2.43. The van der Waals surface area contributed by atoms with Crippen molar-refractivity contribution in [2.24, 2.45) is 0 Å². The summed E-state index contributed by atoms with van der Waals surface area (Å²) in [7, 11) is 0. The zero-order valence-electron chi connectivity index (χ0n) is 14.3. The summed E-state index contributed by atoms with van der Waals surface area (Å²) in [6.07, 6.45) is 0.929. The number of hydrogen-bond donors (Lipinski definition) is 1. The number of carboxylic acids is 1. The van der Waals surface area contributed by atoms with Crippen LogP contribution in [0.4, 0.5) is 10.5 Å². The van der Waals surface area contributed by atoms with Crippen LogP contribution >= 0.6 is 0 Å². The van der Waals surface area contributed by atoms with Gasteiger partial charge in [0.1, 0.15) is 12.7 Å². The van der Waals surface area contributed by atoms with Gasteiger partial charge in [-0.1, -0.05) is 0 Å². The van der Waals surface area contributed by atoms with Gasteiger partial charge in [0.2, 0.25) is 0 Å². The van der Waals surface area contributed by atoms with Crippen molar-refractivity contribution in [2.45, 2.75) is 25.0 Å². The molecule has 2 aliphatic heterocycles. The second-order valence-electron chi connectivity index (χ2n) is 6.48. The third-order valence-corrected chi connectivity index (χ3v) is 4.62. The van der Waals surface area contributed by atoms with Crippen LogP contribution in [-0.2, 0) is 14.3 Å². The molecule has 3 rings (SSSR count). The molecule has 8 heteroatoms. The third kappa shape index (κ3) is 4.50. The van der Waals surface area contributed by atoms with Gasteiger partial charge < -0.3 is 14.6 Å². The van der Waals surface area contributed by atoms with Crippen LogP contribution in [0.2, 0.25) is 0 Å². The number of hydrogen-bond acceptors (Lipinski definition) is 6. The number of anilines is 1. The van der Waals surface area contributed by atoms with E-state index in [-0.39, 0.29) is 24.9 Å². The smallest absolute Gasteiger partial charge is 0.414 e. The summed E-state index contributed by atoms with van der Waals surface area (Å²) < 4.78 is 10.8. The molecule has 1 amide bonds. The van der Waals surface area contributed by atoms with Crippen LogP contribution in [0.1, 0.15) is 18.4 Å². The van der Waals surface area contributed by atoms with Gasteiger partial charge >= 0.3 is 12.1 Å². The van der Waals surface area contributed by atoms with E-state index in [9.17, 15) is 9.59 Å². The minimum absolute atomic E-state index is 0.0244. The van der Waals surface area contributed by atoms with Gasteiger partial charge in [0.05, 0.1) is 24.3 Å². The fourth-order valence-electron chi connectivity index (χ4n) is 3.28. The SMILES string of the molecule is N#Cc1ccc(N2CC(CN3CCC(OCC(=O)O)CC3)OC2=O)cc1. The van der Waals surface area contributed by atoms with Gasteiger partial charge in [-0.3, -0.25) is 9.80 Å². The predicted molar refractivity (Wildman–Crippen MR) is 91.8 cm³/mol. The van der Waals surface area contributed by atoms with E-state index in [2.05, 4.69) is 11.0 Å². The molecule has 138 valence electrons. The number of cyclic esters (lactones) is 1. The summed E-state index contributed by atoms with van der Waals surface area (Å²) in [5.41, 5.74) is 1.27. The van der Waals surface area contributed by atoms with E-state index in [1.807, 2.05) is 0 Å². The van der Waals surface area contributed by atoms with Crippen LogP contribution < -0.4 is 4.90 Å². The van der Waals surface area contributed by atoms with E-state index in [4.69, 9.17) is 19.8 Å². The van der Waals surface area contributed by atoms with Gasteiger partial charge in [0.25, 0.3) is 0 Å². The maximum atomic E-state index is 12.1. The highest BCUT2D eigenvalue weighted by atomic mass is 16.6. The van der Waals surface area contributed by atoms with Crippen molar-refractivity contribution in [3.63, 3.8) is 0 Å². The number of nitrogens with zero attached hydrogens (tertiary/aromatic N) is 3. The van der Waals surface area contributed by atoms with E-state index in [1.54, 1.807) is 29.2 Å². The molecule has 2 aliphatic rings. The largest absolute Gasteiger partial charge is 0.480 e. The quantitative estimate of drug-likeness (QED) is 0.820. The maximum Gasteiger partial charge on any atom is 0.414 e. The monoisotopic (exact) mass is 359 g/mol. The van der Waals surface area contributed by atoms with E-state index in [0.717, 1.165) is 31.6 Å². The first-order chi connectivity index (χ1) is 12.5. The number of carbonyl (C=O) groups excluding carboxylic acids is 1. The summed E-state index contributed by atoms with van der Waals surface area (Å²) in [6, 6.07) is 8.90. The fraction of sp³-hybridized carbons (Fsp3) is 0.500. The first kappa shape index (κ1) is 18.2. The molecule has 0 bridgehead atoms. The highest BCUT2D eigenvalue weighted by Gasteiger charge is 2.34. The molecule has 0 spiro atoms. The van der Waals surface area contributed by atoms with Gasteiger partial charge in [-0.2, -0.15) is 5.26 Å². The van der Waals surface area contributed by atoms with E-state index in [1.165, 1.54) is 0 Å². The van der Waals surface area contributed by atoms with Crippen LogP contribution in [0.3, 0.4) is 0 Å². The number of carbonyl (C=O) groups is 2. The first-order valence-corrected chi connectivity index (χ1v) is 8.59. The third-order valence-electron chi connectivity index (χ3n) is 4.62. The Hall–Kier alpha value is -2.63. The molecule has 1 aromatic rings. The highest BCUT2D eigenvalue weighted by Crippen LogP contribution is 2.23. The molecular weight excluding hydrogens is 338 g/mol. The minimum atomic E-state index is -0.951. The van der Waals surface area contributed by atoms with Gasteiger partial charge in [-0.05, 0) is 37.1 Å².